The van der Waals surface area contributed by atoms with E-state index in [0.29, 0.717) is 12.8 Å². The van der Waals surface area contributed by atoms with Crippen LogP contribution in [0.25, 0.3) is 0 Å². The number of carboxylic acids is 1. The monoisotopic (exact) mass is 293 g/mol. The molecular weight excluding hydrogens is 270 g/mol. The van der Waals surface area contributed by atoms with E-state index in [0.717, 1.165) is 5.56 Å². The highest BCUT2D eigenvalue weighted by molar-refractivity contribution is 5.84. The van der Waals surface area contributed by atoms with Gasteiger partial charge in [0.25, 0.3) is 0 Å². The Hall–Kier alpha value is -2.04. The number of rotatable bonds is 7. The number of carbonyl (C=O) groups excluding carboxylic acids is 1. The van der Waals surface area contributed by atoms with Crippen molar-refractivity contribution in [1.82, 2.24) is 5.32 Å². The smallest absolute Gasteiger partial charge is 0.326 e. The van der Waals surface area contributed by atoms with Crippen LogP contribution in [0.15, 0.2) is 24.3 Å². The van der Waals surface area contributed by atoms with Crippen molar-refractivity contribution in [2.75, 3.05) is 0 Å². The van der Waals surface area contributed by atoms with Gasteiger partial charge in [-0.25, -0.2) is 4.79 Å². The van der Waals surface area contributed by atoms with Crippen LogP contribution < -0.4 is 5.32 Å². The normalized spacial score (nSPS) is 13.7. The number of carboxylic acid groups (broad SMARTS) is 1. The van der Waals surface area contributed by atoms with Gasteiger partial charge in [0.1, 0.15) is 11.8 Å². The average molecular weight is 293 g/mol. The molecule has 1 aromatic rings. The van der Waals surface area contributed by atoms with E-state index in [1.165, 1.54) is 0 Å². The first kappa shape index (κ1) is 17.0. The Kier molecular flexibility index (Phi) is 6.21. The molecule has 0 aromatic heterocycles. The van der Waals surface area contributed by atoms with Gasteiger partial charge in [-0.2, -0.15) is 0 Å². The molecule has 0 unspecified atom stereocenters. The molecule has 0 heterocycles. The zero-order valence-electron chi connectivity index (χ0n) is 12.7. The van der Waals surface area contributed by atoms with Gasteiger partial charge in [-0.15, -0.1) is 0 Å². The van der Waals surface area contributed by atoms with Crippen LogP contribution in [-0.2, 0) is 16.0 Å². The van der Waals surface area contributed by atoms with E-state index in [-0.39, 0.29) is 23.5 Å². The molecule has 0 aliphatic carbocycles. The van der Waals surface area contributed by atoms with Crippen LogP contribution in [0.5, 0.6) is 5.75 Å². The van der Waals surface area contributed by atoms with E-state index in [1.807, 2.05) is 13.8 Å². The first-order chi connectivity index (χ1) is 9.79. The molecule has 1 rings (SSSR count). The molecule has 116 valence electrons. The van der Waals surface area contributed by atoms with E-state index < -0.39 is 12.0 Å². The number of benzene rings is 1. The zero-order valence-corrected chi connectivity index (χ0v) is 12.7. The number of aliphatic carboxylic acids is 1. The molecule has 5 nitrogen and oxygen atoms in total. The van der Waals surface area contributed by atoms with E-state index in [2.05, 4.69) is 5.32 Å². The molecule has 0 spiro atoms. The molecule has 3 N–H and O–H groups in total. The number of phenolic OH excluding ortho intramolecular Hbond substituents is 1. The predicted octanol–water partition coefficient (Wildman–Crippen LogP) is 2.19. The Morgan fingerprint density at radius 1 is 1.14 bits per heavy atom. The molecule has 5 heteroatoms. The standard InChI is InChI=1S/C16H23NO4/c1-10(2)8-14(16(20)21)17-15(19)11(3)9-12-4-6-13(18)7-5-12/h4-7,10-11,14,18H,8-9H2,1-3H3,(H,17,19)(H,20,21)/t11-,14-/m0/s1. The van der Waals surface area contributed by atoms with Crippen LogP contribution in [-0.4, -0.2) is 28.1 Å². The summed E-state index contributed by atoms with van der Waals surface area (Å²) >= 11 is 0. The van der Waals surface area contributed by atoms with Crippen molar-refractivity contribution in [2.24, 2.45) is 11.8 Å². The van der Waals surface area contributed by atoms with Crippen molar-refractivity contribution in [3.8, 4) is 5.75 Å². The number of aromatic hydroxyl groups is 1. The maximum Gasteiger partial charge on any atom is 0.326 e. The van der Waals surface area contributed by atoms with Crippen molar-refractivity contribution in [2.45, 2.75) is 39.7 Å². The molecular formula is C16H23NO4. The second kappa shape index (κ2) is 7.67. The molecule has 1 amide bonds. The lowest BCUT2D eigenvalue weighted by Crippen LogP contribution is -2.44. The largest absolute Gasteiger partial charge is 0.508 e. The van der Waals surface area contributed by atoms with Crippen LogP contribution in [0.1, 0.15) is 32.8 Å². The molecule has 21 heavy (non-hydrogen) atoms. The molecule has 0 aliphatic heterocycles. The summed E-state index contributed by atoms with van der Waals surface area (Å²) in [5.74, 6) is -1.23. The first-order valence-corrected chi connectivity index (χ1v) is 7.10. The van der Waals surface area contributed by atoms with Crippen LogP contribution in [0.2, 0.25) is 0 Å². The van der Waals surface area contributed by atoms with Crippen LogP contribution in [0.3, 0.4) is 0 Å². The summed E-state index contributed by atoms with van der Waals surface area (Å²) in [4.78, 5) is 23.2. The number of hydrogen-bond acceptors (Lipinski definition) is 3. The van der Waals surface area contributed by atoms with Gasteiger partial charge in [-0.05, 0) is 36.5 Å². The molecule has 0 saturated heterocycles. The summed E-state index contributed by atoms with van der Waals surface area (Å²) in [5.41, 5.74) is 0.922. The minimum absolute atomic E-state index is 0.179. The second-order valence-electron chi connectivity index (χ2n) is 5.80. The van der Waals surface area contributed by atoms with Gasteiger partial charge in [-0.1, -0.05) is 32.9 Å². The first-order valence-electron chi connectivity index (χ1n) is 7.10. The number of carbonyl (C=O) groups is 2. The van der Waals surface area contributed by atoms with Crippen molar-refractivity contribution >= 4 is 11.9 Å². The summed E-state index contributed by atoms with van der Waals surface area (Å²) < 4.78 is 0. The third kappa shape index (κ3) is 5.85. The lowest BCUT2D eigenvalue weighted by atomic mass is 9.98. The minimum Gasteiger partial charge on any atom is -0.508 e. The fourth-order valence-corrected chi connectivity index (χ4v) is 2.09. The number of hydrogen-bond donors (Lipinski definition) is 3. The SMILES string of the molecule is CC(C)C[C@H](NC(=O)[C@@H](C)Cc1ccc(O)cc1)C(=O)O. The van der Waals surface area contributed by atoms with E-state index in [4.69, 9.17) is 5.11 Å². The highest BCUT2D eigenvalue weighted by Gasteiger charge is 2.23. The molecule has 0 bridgehead atoms. The van der Waals surface area contributed by atoms with Crippen molar-refractivity contribution in [1.29, 1.82) is 0 Å². The number of nitrogens with one attached hydrogen (secondary N) is 1. The van der Waals surface area contributed by atoms with Gasteiger partial charge in [0.2, 0.25) is 5.91 Å². The molecule has 2 atom stereocenters. The Labute approximate surface area is 125 Å². The molecule has 1 aromatic carbocycles. The lowest BCUT2D eigenvalue weighted by molar-refractivity contribution is -0.142. The Morgan fingerprint density at radius 3 is 2.19 bits per heavy atom. The van der Waals surface area contributed by atoms with Gasteiger partial charge in [-0.3, -0.25) is 4.79 Å². The highest BCUT2D eigenvalue weighted by Crippen LogP contribution is 2.14. The average Bonchev–Trinajstić information content (AvgIpc) is 2.39. The van der Waals surface area contributed by atoms with Gasteiger partial charge in [0, 0.05) is 5.92 Å². The van der Waals surface area contributed by atoms with E-state index >= 15 is 0 Å². The summed E-state index contributed by atoms with van der Waals surface area (Å²) in [7, 11) is 0. The third-order valence-corrected chi connectivity index (χ3v) is 3.25. The molecule has 0 fully saturated rings. The third-order valence-electron chi connectivity index (χ3n) is 3.25. The summed E-state index contributed by atoms with van der Waals surface area (Å²) in [6.07, 6.45) is 0.910. The summed E-state index contributed by atoms with van der Waals surface area (Å²) in [6, 6.07) is 5.79. The summed E-state index contributed by atoms with van der Waals surface area (Å²) in [5, 5.41) is 20.9. The van der Waals surface area contributed by atoms with Gasteiger partial charge >= 0.3 is 5.97 Å². The van der Waals surface area contributed by atoms with Crippen molar-refractivity contribution < 1.29 is 19.8 Å². The van der Waals surface area contributed by atoms with Gasteiger partial charge in [0.05, 0.1) is 0 Å². The van der Waals surface area contributed by atoms with Crippen molar-refractivity contribution in [3.05, 3.63) is 29.8 Å². The van der Waals surface area contributed by atoms with Crippen LogP contribution >= 0.6 is 0 Å². The fraction of sp³-hybridized carbons (Fsp3) is 0.500. The molecule has 0 aliphatic rings. The minimum atomic E-state index is -1.01. The quantitative estimate of drug-likeness (QED) is 0.719. The Balaban J connectivity index is 2.60. The maximum atomic E-state index is 12.1. The fourth-order valence-electron chi connectivity index (χ4n) is 2.09. The summed E-state index contributed by atoms with van der Waals surface area (Å²) in [6.45, 7) is 5.60. The zero-order chi connectivity index (χ0) is 16.0. The van der Waals surface area contributed by atoms with Crippen LogP contribution in [0.4, 0.5) is 0 Å². The van der Waals surface area contributed by atoms with Crippen LogP contribution in [0, 0.1) is 11.8 Å². The Bertz CT molecular complexity index is 482. The lowest BCUT2D eigenvalue weighted by Gasteiger charge is -2.19. The molecule has 0 radical (unpaired) electrons. The topological polar surface area (TPSA) is 86.6 Å². The molecule has 0 saturated carbocycles. The maximum absolute atomic E-state index is 12.1. The van der Waals surface area contributed by atoms with Gasteiger partial charge in [0.15, 0.2) is 0 Å². The van der Waals surface area contributed by atoms with E-state index in [9.17, 15) is 14.7 Å². The Morgan fingerprint density at radius 2 is 1.71 bits per heavy atom. The number of amides is 1. The van der Waals surface area contributed by atoms with Gasteiger partial charge < -0.3 is 15.5 Å². The number of phenols is 1. The van der Waals surface area contributed by atoms with Crippen molar-refractivity contribution in [3.63, 3.8) is 0 Å². The highest BCUT2D eigenvalue weighted by atomic mass is 16.4. The second-order valence-corrected chi connectivity index (χ2v) is 5.80. The van der Waals surface area contributed by atoms with E-state index in [1.54, 1.807) is 31.2 Å². The predicted molar refractivity (Wildman–Crippen MR) is 80.0 cm³/mol.